The molecule has 1 aliphatic heterocycles. The van der Waals surface area contributed by atoms with E-state index >= 15 is 0 Å². The van der Waals surface area contributed by atoms with Crippen molar-refractivity contribution >= 4 is 45.9 Å². The molecule has 38 heavy (non-hydrogen) atoms. The number of nitrogens with zero attached hydrogens (tertiary/aromatic N) is 5. The largest absolute Gasteiger partial charge is 0.371 e. The number of halogens is 1. The predicted octanol–water partition coefficient (Wildman–Crippen LogP) is 6.07. The number of nitrogens with one attached hydrogen (secondary N) is 1. The van der Waals surface area contributed by atoms with Crippen molar-refractivity contribution in [2.45, 2.75) is 19.4 Å². The molecular formula is C27H25ClN6O2S2. The summed E-state index contributed by atoms with van der Waals surface area (Å²) >= 11 is 9.09. The maximum absolute atomic E-state index is 13.4. The number of piperidine rings is 1. The van der Waals surface area contributed by atoms with Crippen molar-refractivity contribution in [3.05, 3.63) is 82.0 Å². The molecule has 5 aromatic rings. The fourth-order valence-corrected chi connectivity index (χ4v) is 6.32. The van der Waals surface area contributed by atoms with Crippen molar-refractivity contribution in [2.24, 2.45) is 5.92 Å². The Hall–Kier alpha value is -3.47. The van der Waals surface area contributed by atoms with E-state index in [1.54, 1.807) is 16.0 Å². The van der Waals surface area contributed by atoms with Gasteiger partial charge in [-0.1, -0.05) is 22.8 Å². The molecule has 11 heteroatoms. The summed E-state index contributed by atoms with van der Waals surface area (Å²) in [5, 5.41) is 14.1. The molecule has 0 atom stereocenters. The second-order valence-corrected chi connectivity index (χ2v) is 11.8. The van der Waals surface area contributed by atoms with E-state index in [-0.39, 0.29) is 5.91 Å². The lowest BCUT2D eigenvalue weighted by molar-refractivity contribution is 0.0934. The van der Waals surface area contributed by atoms with Gasteiger partial charge in [-0.3, -0.25) is 14.5 Å². The Balaban J connectivity index is 1.14. The average Bonchev–Trinajstić information content (AvgIpc) is 3.76. The van der Waals surface area contributed by atoms with E-state index in [1.165, 1.54) is 17.0 Å². The summed E-state index contributed by atoms with van der Waals surface area (Å²) in [5.74, 6) is 0.943. The first-order valence-electron chi connectivity index (χ1n) is 12.4. The van der Waals surface area contributed by atoms with Crippen LogP contribution in [0.3, 0.4) is 0 Å². The van der Waals surface area contributed by atoms with Gasteiger partial charge in [-0.2, -0.15) is 5.10 Å². The van der Waals surface area contributed by atoms with Crippen molar-refractivity contribution in [3.8, 4) is 21.2 Å². The normalized spacial score (nSPS) is 14.2. The second-order valence-electron chi connectivity index (χ2n) is 9.18. The lowest BCUT2D eigenvalue weighted by Gasteiger charge is -2.33. The monoisotopic (exact) mass is 564 g/mol. The molecule has 6 rings (SSSR count). The summed E-state index contributed by atoms with van der Waals surface area (Å²) in [7, 11) is 0. The van der Waals surface area contributed by atoms with Crippen molar-refractivity contribution in [1.82, 2.24) is 25.2 Å². The maximum atomic E-state index is 13.4. The minimum Gasteiger partial charge on any atom is -0.371 e. The zero-order valence-electron chi connectivity index (χ0n) is 20.4. The number of anilines is 1. The molecule has 1 amide bonds. The van der Waals surface area contributed by atoms with Crippen molar-refractivity contribution < 1.29 is 9.32 Å². The minimum atomic E-state index is -0.134. The molecule has 0 radical (unpaired) electrons. The highest BCUT2D eigenvalue weighted by molar-refractivity contribution is 7.19. The fraction of sp³-hybridized carbons (Fsp3) is 0.259. The molecule has 5 aromatic heterocycles. The number of amides is 1. The Kier molecular flexibility index (Phi) is 7.26. The number of carbonyl (C=O) groups is 1. The Bertz CT molecular complexity index is 1500. The average molecular weight is 565 g/mol. The summed E-state index contributed by atoms with van der Waals surface area (Å²) in [6, 6.07) is 15.5. The Morgan fingerprint density at radius 2 is 1.95 bits per heavy atom. The van der Waals surface area contributed by atoms with Crippen LogP contribution in [0.2, 0.25) is 4.34 Å². The van der Waals surface area contributed by atoms with Crippen LogP contribution in [0.25, 0.3) is 21.2 Å². The van der Waals surface area contributed by atoms with Crippen LogP contribution in [-0.4, -0.2) is 45.5 Å². The van der Waals surface area contributed by atoms with Gasteiger partial charge in [0.2, 0.25) is 0 Å². The smallest absolute Gasteiger partial charge is 0.269 e. The fourth-order valence-electron chi connectivity index (χ4n) is 4.65. The third-order valence-corrected chi connectivity index (χ3v) is 8.80. The maximum Gasteiger partial charge on any atom is 0.269 e. The molecule has 0 aromatic carbocycles. The van der Waals surface area contributed by atoms with Gasteiger partial charge in [0.1, 0.15) is 17.1 Å². The molecule has 1 saturated heterocycles. The first kappa shape index (κ1) is 24.8. The number of aromatic nitrogens is 4. The molecule has 0 bridgehead atoms. The lowest BCUT2D eigenvalue weighted by atomic mass is 9.96. The van der Waals surface area contributed by atoms with Gasteiger partial charge in [0.25, 0.3) is 5.91 Å². The van der Waals surface area contributed by atoms with Crippen LogP contribution in [0.1, 0.15) is 29.0 Å². The molecule has 1 aliphatic rings. The molecule has 1 N–H and O–H groups in total. The summed E-state index contributed by atoms with van der Waals surface area (Å²) in [4.78, 5) is 21.7. The van der Waals surface area contributed by atoms with Gasteiger partial charge in [-0.05, 0) is 60.5 Å². The minimum absolute atomic E-state index is 0.134. The van der Waals surface area contributed by atoms with Crippen LogP contribution in [0.15, 0.2) is 70.8 Å². The third kappa shape index (κ3) is 5.52. The van der Waals surface area contributed by atoms with Gasteiger partial charge >= 0.3 is 0 Å². The first-order chi connectivity index (χ1) is 18.6. The summed E-state index contributed by atoms with van der Waals surface area (Å²) in [5.41, 5.74) is 3.16. The number of hydrogen-bond acceptors (Lipinski definition) is 8. The van der Waals surface area contributed by atoms with Crippen LogP contribution in [0.4, 0.5) is 5.69 Å². The van der Waals surface area contributed by atoms with Gasteiger partial charge in [0.15, 0.2) is 5.76 Å². The van der Waals surface area contributed by atoms with Crippen LogP contribution in [0.5, 0.6) is 0 Å². The molecule has 194 valence electrons. The molecule has 0 spiro atoms. The number of rotatable bonds is 8. The zero-order valence-corrected chi connectivity index (χ0v) is 22.8. The van der Waals surface area contributed by atoms with E-state index in [2.05, 4.69) is 20.4 Å². The van der Waals surface area contributed by atoms with Gasteiger partial charge in [-0.25, -0.2) is 0 Å². The highest BCUT2D eigenvalue weighted by atomic mass is 35.5. The van der Waals surface area contributed by atoms with Gasteiger partial charge in [0, 0.05) is 43.8 Å². The van der Waals surface area contributed by atoms with Gasteiger partial charge in [0.05, 0.1) is 20.6 Å². The Morgan fingerprint density at radius 1 is 1.11 bits per heavy atom. The Morgan fingerprint density at radius 3 is 2.68 bits per heavy atom. The van der Waals surface area contributed by atoms with E-state index in [0.29, 0.717) is 40.5 Å². The van der Waals surface area contributed by atoms with Crippen molar-refractivity contribution in [2.75, 3.05) is 24.5 Å². The molecule has 1 fully saturated rings. The SMILES string of the molecule is O=C(NCC1CCN(c2ccncc2)CC1)c1cc(-c2cccs2)nn1Cc1cc(-c2ccc(Cl)s2)on1. The summed E-state index contributed by atoms with van der Waals surface area (Å²) < 4.78 is 7.93. The third-order valence-electron chi connectivity index (χ3n) is 6.67. The molecular weight excluding hydrogens is 540 g/mol. The first-order valence-corrected chi connectivity index (χ1v) is 14.5. The predicted molar refractivity (Wildman–Crippen MR) is 151 cm³/mol. The quantitative estimate of drug-likeness (QED) is 0.246. The molecule has 6 heterocycles. The lowest BCUT2D eigenvalue weighted by Crippen LogP contribution is -2.39. The van der Waals surface area contributed by atoms with E-state index < -0.39 is 0 Å². The number of pyridine rings is 1. The van der Waals surface area contributed by atoms with E-state index in [9.17, 15) is 4.79 Å². The molecule has 0 unspecified atom stereocenters. The summed E-state index contributed by atoms with van der Waals surface area (Å²) in [6.07, 6.45) is 5.70. The van der Waals surface area contributed by atoms with Crippen LogP contribution in [0, 0.1) is 5.92 Å². The van der Waals surface area contributed by atoms with Crippen LogP contribution in [-0.2, 0) is 6.54 Å². The van der Waals surface area contributed by atoms with Crippen LogP contribution < -0.4 is 10.2 Å². The van der Waals surface area contributed by atoms with Crippen LogP contribution >= 0.6 is 34.3 Å². The zero-order chi connectivity index (χ0) is 25.9. The Labute approximate surface area is 232 Å². The molecule has 8 nitrogen and oxygen atoms in total. The van der Waals surface area contributed by atoms with Crippen molar-refractivity contribution in [3.63, 3.8) is 0 Å². The topological polar surface area (TPSA) is 89.1 Å². The number of carbonyl (C=O) groups excluding carboxylic acids is 1. The highest BCUT2D eigenvalue weighted by Gasteiger charge is 2.23. The van der Waals surface area contributed by atoms with Gasteiger partial charge < -0.3 is 14.7 Å². The van der Waals surface area contributed by atoms with E-state index in [0.717, 1.165) is 41.4 Å². The van der Waals surface area contributed by atoms with E-state index in [1.807, 2.05) is 66.3 Å². The summed E-state index contributed by atoms with van der Waals surface area (Å²) in [6.45, 7) is 2.89. The molecule has 0 aliphatic carbocycles. The van der Waals surface area contributed by atoms with Gasteiger partial charge in [-0.15, -0.1) is 22.7 Å². The van der Waals surface area contributed by atoms with Crippen molar-refractivity contribution in [1.29, 1.82) is 0 Å². The second kappa shape index (κ2) is 11.1. The highest BCUT2D eigenvalue weighted by Crippen LogP contribution is 2.32. The van der Waals surface area contributed by atoms with E-state index in [4.69, 9.17) is 21.2 Å². The standard InChI is InChI=1S/C27H25ClN6O2S2/c28-26-4-3-25(38-26)23-14-19(32-36-23)17-34-22(15-21(31-34)24-2-1-13-37-24)27(35)30-16-18-7-11-33(12-8-18)20-5-9-29-10-6-20/h1-6,9-10,13-15,18H,7-8,11-12,16-17H2,(H,30,35). The molecule has 0 saturated carbocycles. The number of hydrogen-bond donors (Lipinski definition) is 1. The number of thiophene rings is 2.